The van der Waals surface area contributed by atoms with Gasteiger partial charge in [0.2, 0.25) is 0 Å². The second kappa shape index (κ2) is 7.53. The van der Waals surface area contributed by atoms with Gasteiger partial charge in [-0.2, -0.15) is 5.10 Å². The molecular formula is C15H31N5. The summed E-state index contributed by atoms with van der Waals surface area (Å²) in [5.41, 5.74) is 7.77. The minimum Gasteiger partial charge on any atom is -0.394 e. The van der Waals surface area contributed by atoms with Crippen molar-refractivity contribution in [3.8, 4) is 0 Å². The molecule has 0 saturated carbocycles. The van der Waals surface area contributed by atoms with Gasteiger partial charge in [0, 0.05) is 18.6 Å². The van der Waals surface area contributed by atoms with E-state index < -0.39 is 0 Å². The molecule has 5 nitrogen and oxygen atoms in total. The topological polar surface area (TPSA) is 59.1 Å². The van der Waals surface area contributed by atoms with Crippen LogP contribution in [0, 0.1) is 6.92 Å². The van der Waals surface area contributed by atoms with Gasteiger partial charge in [0.25, 0.3) is 0 Å². The maximum atomic E-state index is 6.09. The molecule has 116 valence electrons. The second-order valence-electron chi connectivity index (χ2n) is 6.09. The van der Waals surface area contributed by atoms with Crippen molar-refractivity contribution >= 4 is 11.5 Å². The molecule has 0 bridgehead atoms. The van der Waals surface area contributed by atoms with Crippen LogP contribution < -0.4 is 11.1 Å². The first-order chi connectivity index (χ1) is 9.34. The molecule has 0 aliphatic rings. The molecule has 0 aromatic carbocycles. The van der Waals surface area contributed by atoms with Crippen LogP contribution in [-0.4, -0.2) is 40.9 Å². The van der Waals surface area contributed by atoms with Gasteiger partial charge in [0.1, 0.15) is 5.82 Å². The fourth-order valence-electron chi connectivity index (χ4n) is 2.06. The first-order valence-electron chi connectivity index (χ1n) is 7.63. The summed E-state index contributed by atoms with van der Waals surface area (Å²) >= 11 is 0. The first kappa shape index (κ1) is 16.8. The van der Waals surface area contributed by atoms with Crippen molar-refractivity contribution in [3.05, 3.63) is 5.69 Å². The Morgan fingerprint density at radius 2 is 1.90 bits per heavy atom. The molecular weight excluding hydrogens is 250 g/mol. The highest BCUT2D eigenvalue weighted by Crippen LogP contribution is 2.25. The van der Waals surface area contributed by atoms with E-state index in [2.05, 4.69) is 50.1 Å². The number of nitrogens with two attached hydrogens (primary N) is 1. The highest BCUT2D eigenvalue weighted by molar-refractivity contribution is 5.64. The van der Waals surface area contributed by atoms with Gasteiger partial charge >= 0.3 is 0 Å². The molecule has 0 unspecified atom stereocenters. The van der Waals surface area contributed by atoms with E-state index >= 15 is 0 Å². The molecule has 0 atom stereocenters. The van der Waals surface area contributed by atoms with Crippen LogP contribution in [0.2, 0.25) is 0 Å². The van der Waals surface area contributed by atoms with Gasteiger partial charge < -0.3 is 16.0 Å². The zero-order valence-corrected chi connectivity index (χ0v) is 13.9. The molecule has 1 rings (SSSR count). The number of hydrogen-bond acceptors (Lipinski definition) is 4. The molecule has 20 heavy (non-hydrogen) atoms. The summed E-state index contributed by atoms with van der Waals surface area (Å²) in [5.74, 6) is 0.967. The number of rotatable bonds is 8. The van der Waals surface area contributed by atoms with E-state index in [0.717, 1.165) is 36.7 Å². The van der Waals surface area contributed by atoms with Crippen LogP contribution in [0.4, 0.5) is 11.5 Å². The Balaban J connectivity index is 2.43. The number of nitrogens with one attached hydrogen (secondary N) is 1. The number of hydrogen-bond donors (Lipinski definition) is 2. The van der Waals surface area contributed by atoms with Crippen molar-refractivity contribution in [2.24, 2.45) is 0 Å². The van der Waals surface area contributed by atoms with Crippen molar-refractivity contribution in [2.45, 2.75) is 59.5 Å². The van der Waals surface area contributed by atoms with Crippen molar-refractivity contribution < 1.29 is 0 Å². The average Bonchev–Trinajstić information content (AvgIpc) is 2.66. The third-order valence-electron chi connectivity index (χ3n) is 3.73. The number of nitrogens with zero attached hydrogens (tertiary/aromatic N) is 3. The van der Waals surface area contributed by atoms with Crippen LogP contribution >= 0.6 is 0 Å². The molecule has 1 aromatic heterocycles. The average molecular weight is 281 g/mol. The molecule has 3 N–H and O–H groups in total. The van der Waals surface area contributed by atoms with Gasteiger partial charge in [0.05, 0.1) is 11.4 Å². The third-order valence-corrected chi connectivity index (χ3v) is 3.73. The van der Waals surface area contributed by atoms with Crippen LogP contribution in [0.1, 0.15) is 52.3 Å². The summed E-state index contributed by atoms with van der Waals surface area (Å²) in [6.45, 7) is 12.7. The summed E-state index contributed by atoms with van der Waals surface area (Å²) in [7, 11) is 2.17. The fourth-order valence-corrected chi connectivity index (χ4v) is 2.06. The maximum absolute atomic E-state index is 6.09. The second-order valence-corrected chi connectivity index (χ2v) is 6.09. The summed E-state index contributed by atoms with van der Waals surface area (Å²) in [5, 5.41) is 7.92. The van der Waals surface area contributed by atoms with Crippen molar-refractivity contribution in [2.75, 3.05) is 31.2 Å². The number of aryl methyl sites for hydroxylation is 1. The van der Waals surface area contributed by atoms with Gasteiger partial charge in [-0.05, 0) is 61.1 Å². The Bertz CT molecular complexity index is 409. The minimum absolute atomic E-state index is 0.320. The summed E-state index contributed by atoms with van der Waals surface area (Å²) < 4.78 is 1.98. The lowest BCUT2D eigenvalue weighted by atomic mass is 10.2. The molecule has 0 aliphatic heterocycles. The van der Waals surface area contributed by atoms with Gasteiger partial charge in [-0.1, -0.05) is 0 Å². The highest BCUT2D eigenvalue weighted by Gasteiger charge is 2.13. The minimum atomic E-state index is 0.320. The summed E-state index contributed by atoms with van der Waals surface area (Å²) in [6, 6.07) is 0.934. The smallest absolute Gasteiger partial charge is 0.148 e. The molecule has 0 spiro atoms. The number of nitrogen functional groups attached to an aromatic ring is 1. The number of anilines is 2. The SMILES string of the molecule is Cc1nn(C(C)C)c(NCCCCN(C)C(C)C)c1N. The lowest BCUT2D eigenvalue weighted by molar-refractivity contribution is 0.269. The predicted octanol–water partition coefficient (Wildman–Crippen LogP) is 2.89. The van der Waals surface area contributed by atoms with Crippen molar-refractivity contribution in [3.63, 3.8) is 0 Å². The zero-order chi connectivity index (χ0) is 15.3. The zero-order valence-electron chi connectivity index (χ0n) is 13.9. The van der Waals surface area contributed by atoms with E-state index in [4.69, 9.17) is 5.73 Å². The number of unbranched alkanes of at least 4 members (excludes halogenated alkanes) is 1. The first-order valence-corrected chi connectivity index (χ1v) is 7.63. The Labute approximate surface area is 123 Å². The molecule has 1 heterocycles. The van der Waals surface area contributed by atoms with Crippen LogP contribution in [0.25, 0.3) is 0 Å². The Morgan fingerprint density at radius 1 is 1.25 bits per heavy atom. The van der Waals surface area contributed by atoms with E-state index in [1.807, 2.05) is 11.6 Å². The van der Waals surface area contributed by atoms with Crippen LogP contribution in [-0.2, 0) is 0 Å². The highest BCUT2D eigenvalue weighted by atomic mass is 15.4. The molecule has 0 amide bonds. The van der Waals surface area contributed by atoms with Gasteiger partial charge in [-0.3, -0.25) is 0 Å². The van der Waals surface area contributed by atoms with Crippen LogP contribution in [0.5, 0.6) is 0 Å². The Morgan fingerprint density at radius 3 is 2.45 bits per heavy atom. The lowest BCUT2D eigenvalue weighted by Crippen LogP contribution is -2.27. The molecule has 0 fully saturated rings. The third kappa shape index (κ3) is 4.40. The quantitative estimate of drug-likeness (QED) is 0.719. The van der Waals surface area contributed by atoms with Crippen molar-refractivity contribution in [1.82, 2.24) is 14.7 Å². The van der Waals surface area contributed by atoms with E-state index in [-0.39, 0.29) is 0 Å². The monoisotopic (exact) mass is 281 g/mol. The standard InChI is InChI=1S/C15H31N5/c1-11(2)19(6)10-8-7-9-17-15-14(16)13(5)18-20(15)12(3)4/h11-12,17H,7-10,16H2,1-6H3. The maximum Gasteiger partial charge on any atom is 0.148 e. The Hall–Kier alpha value is -1.23. The van der Waals surface area contributed by atoms with Crippen LogP contribution in [0.15, 0.2) is 0 Å². The normalized spacial score (nSPS) is 11.8. The van der Waals surface area contributed by atoms with E-state index in [9.17, 15) is 0 Å². The molecule has 0 radical (unpaired) electrons. The Kier molecular flexibility index (Phi) is 6.33. The largest absolute Gasteiger partial charge is 0.394 e. The summed E-state index contributed by atoms with van der Waals surface area (Å²) in [6.07, 6.45) is 2.33. The lowest BCUT2D eigenvalue weighted by Gasteiger charge is -2.20. The van der Waals surface area contributed by atoms with Gasteiger partial charge in [-0.15, -0.1) is 0 Å². The van der Waals surface area contributed by atoms with Crippen LogP contribution in [0.3, 0.4) is 0 Å². The summed E-state index contributed by atoms with van der Waals surface area (Å²) in [4.78, 5) is 2.37. The molecule has 1 aromatic rings. The molecule has 5 heteroatoms. The van der Waals surface area contributed by atoms with Crippen molar-refractivity contribution in [1.29, 1.82) is 0 Å². The van der Waals surface area contributed by atoms with Gasteiger partial charge in [0.15, 0.2) is 0 Å². The van der Waals surface area contributed by atoms with Gasteiger partial charge in [-0.25, -0.2) is 4.68 Å². The predicted molar refractivity (Wildman–Crippen MR) is 87.3 cm³/mol. The number of aromatic nitrogens is 2. The molecule has 0 aliphatic carbocycles. The van der Waals surface area contributed by atoms with E-state index in [1.165, 1.54) is 6.42 Å². The van der Waals surface area contributed by atoms with E-state index in [0.29, 0.717) is 12.1 Å². The fraction of sp³-hybridized carbons (Fsp3) is 0.800. The molecule has 0 saturated heterocycles. The van der Waals surface area contributed by atoms with E-state index in [1.54, 1.807) is 0 Å².